The molecule has 0 fully saturated rings. The van der Waals surface area contributed by atoms with Crippen LogP contribution in [0.15, 0.2) is 34.9 Å². The summed E-state index contributed by atoms with van der Waals surface area (Å²) < 4.78 is 5.25. The first kappa shape index (κ1) is 8.60. The maximum Gasteiger partial charge on any atom is 0.134 e. The fraction of sp³-hybridized carbons (Fsp3) is 0.200. The molecule has 0 amide bonds. The van der Waals surface area contributed by atoms with E-state index in [1.54, 1.807) is 6.26 Å². The fourth-order valence-electron chi connectivity index (χ4n) is 1.34. The Labute approximate surface area is 80.7 Å². The lowest BCUT2D eigenvalue weighted by atomic mass is 10.1. The lowest BCUT2D eigenvalue weighted by Crippen LogP contribution is -1.96. The highest BCUT2D eigenvalue weighted by Gasteiger charge is 2.12. The van der Waals surface area contributed by atoms with Crippen molar-refractivity contribution >= 4 is 22.6 Å². The second-order valence-electron chi connectivity index (χ2n) is 2.86. The van der Waals surface area contributed by atoms with Gasteiger partial charge in [0, 0.05) is 10.9 Å². The van der Waals surface area contributed by atoms with E-state index in [2.05, 4.69) is 0 Å². The molecule has 1 atom stereocenters. The molecule has 0 saturated heterocycles. The summed E-state index contributed by atoms with van der Waals surface area (Å²) in [6, 6.07) is 7.56. The molecule has 1 unspecified atom stereocenters. The van der Waals surface area contributed by atoms with Crippen LogP contribution in [0.25, 0.3) is 11.0 Å². The summed E-state index contributed by atoms with van der Waals surface area (Å²) in [6.45, 7) is 0. The summed E-state index contributed by atoms with van der Waals surface area (Å²) in [5.41, 5.74) is 1.53. The van der Waals surface area contributed by atoms with E-state index in [1.807, 2.05) is 24.3 Å². The van der Waals surface area contributed by atoms with Crippen molar-refractivity contribution in [3.05, 3.63) is 36.1 Å². The van der Waals surface area contributed by atoms with E-state index in [0.717, 1.165) is 16.5 Å². The Morgan fingerprint density at radius 3 is 2.92 bits per heavy atom. The number of para-hydroxylation sites is 1. The average Bonchev–Trinajstić information content (AvgIpc) is 2.60. The molecular formula is C10H9ClO2. The molecule has 1 aromatic heterocycles. The van der Waals surface area contributed by atoms with Crippen molar-refractivity contribution in [1.29, 1.82) is 0 Å². The van der Waals surface area contributed by atoms with E-state index in [-0.39, 0.29) is 5.88 Å². The molecular weight excluding hydrogens is 188 g/mol. The van der Waals surface area contributed by atoms with Crippen molar-refractivity contribution in [2.75, 3.05) is 5.88 Å². The SMILES string of the molecule is OC(CCl)c1coc2ccccc12. The number of benzene rings is 1. The molecule has 0 aliphatic carbocycles. The van der Waals surface area contributed by atoms with Crippen LogP contribution in [0.2, 0.25) is 0 Å². The van der Waals surface area contributed by atoms with Gasteiger partial charge in [0.05, 0.1) is 18.2 Å². The van der Waals surface area contributed by atoms with Crippen LogP contribution in [0.1, 0.15) is 11.7 Å². The minimum absolute atomic E-state index is 0.184. The molecule has 2 aromatic rings. The van der Waals surface area contributed by atoms with Gasteiger partial charge >= 0.3 is 0 Å². The summed E-state index contributed by atoms with van der Waals surface area (Å²) in [4.78, 5) is 0. The monoisotopic (exact) mass is 196 g/mol. The van der Waals surface area contributed by atoms with Crippen LogP contribution >= 0.6 is 11.6 Å². The van der Waals surface area contributed by atoms with Gasteiger partial charge in [-0.1, -0.05) is 18.2 Å². The van der Waals surface area contributed by atoms with Gasteiger partial charge in [-0.05, 0) is 6.07 Å². The van der Waals surface area contributed by atoms with E-state index < -0.39 is 6.10 Å². The predicted octanol–water partition coefficient (Wildman–Crippen LogP) is 2.71. The largest absolute Gasteiger partial charge is 0.464 e. The third-order valence-electron chi connectivity index (χ3n) is 2.02. The van der Waals surface area contributed by atoms with Gasteiger partial charge < -0.3 is 9.52 Å². The molecule has 0 aliphatic rings. The number of fused-ring (bicyclic) bond motifs is 1. The normalized spacial score (nSPS) is 13.4. The molecule has 0 aliphatic heterocycles. The third-order valence-corrected chi connectivity index (χ3v) is 2.31. The molecule has 68 valence electrons. The third kappa shape index (κ3) is 1.43. The minimum atomic E-state index is -0.648. The highest BCUT2D eigenvalue weighted by Crippen LogP contribution is 2.26. The smallest absolute Gasteiger partial charge is 0.134 e. The van der Waals surface area contributed by atoms with Crippen molar-refractivity contribution in [2.45, 2.75) is 6.10 Å². The number of hydrogen-bond donors (Lipinski definition) is 1. The number of rotatable bonds is 2. The van der Waals surface area contributed by atoms with Crippen LogP contribution in [0, 0.1) is 0 Å². The maximum absolute atomic E-state index is 9.52. The Kier molecular flexibility index (Phi) is 2.25. The van der Waals surface area contributed by atoms with Crippen molar-refractivity contribution < 1.29 is 9.52 Å². The second kappa shape index (κ2) is 3.40. The Bertz CT molecular complexity index is 408. The number of alkyl halides is 1. The standard InChI is InChI=1S/C10H9ClO2/c11-5-9(12)8-6-13-10-4-2-1-3-7(8)10/h1-4,6,9,12H,5H2. The molecule has 0 spiro atoms. The number of halogens is 1. The van der Waals surface area contributed by atoms with E-state index in [9.17, 15) is 5.11 Å². The first-order valence-electron chi connectivity index (χ1n) is 4.03. The first-order valence-corrected chi connectivity index (χ1v) is 4.56. The Morgan fingerprint density at radius 2 is 2.15 bits per heavy atom. The van der Waals surface area contributed by atoms with Crippen LogP contribution in [0.5, 0.6) is 0 Å². The van der Waals surface area contributed by atoms with Crippen LogP contribution in [0.4, 0.5) is 0 Å². The molecule has 0 saturated carbocycles. The summed E-state index contributed by atoms with van der Waals surface area (Å²) in [5.74, 6) is 0.184. The van der Waals surface area contributed by atoms with Gasteiger partial charge in [0.2, 0.25) is 0 Å². The highest BCUT2D eigenvalue weighted by molar-refractivity contribution is 6.18. The summed E-state index contributed by atoms with van der Waals surface area (Å²) in [7, 11) is 0. The van der Waals surface area contributed by atoms with Gasteiger partial charge in [0.15, 0.2) is 0 Å². The molecule has 1 heterocycles. The molecule has 2 rings (SSSR count). The van der Waals surface area contributed by atoms with Crippen molar-refractivity contribution in [3.8, 4) is 0 Å². The molecule has 1 aromatic carbocycles. The van der Waals surface area contributed by atoms with E-state index in [0.29, 0.717) is 0 Å². The lowest BCUT2D eigenvalue weighted by molar-refractivity contribution is 0.203. The van der Waals surface area contributed by atoms with Gasteiger partial charge in [-0.25, -0.2) is 0 Å². The maximum atomic E-state index is 9.52. The number of aliphatic hydroxyl groups is 1. The van der Waals surface area contributed by atoms with Crippen LogP contribution in [-0.4, -0.2) is 11.0 Å². The highest BCUT2D eigenvalue weighted by atomic mass is 35.5. The van der Waals surface area contributed by atoms with Gasteiger partial charge in [-0.15, -0.1) is 11.6 Å². The first-order chi connectivity index (χ1) is 6.33. The average molecular weight is 197 g/mol. The topological polar surface area (TPSA) is 33.4 Å². The van der Waals surface area contributed by atoms with Gasteiger partial charge in [-0.3, -0.25) is 0 Å². The Balaban J connectivity index is 2.57. The summed E-state index contributed by atoms with van der Waals surface area (Å²) in [6.07, 6.45) is 0.905. The number of aliphatic hydroxyl groups excluding tert-OH is 1. The Morgan fingerprint density at radius 1 is 1.38 bits per heavy atom. The van der Waals surface area contributed by atoms with Crippen LogP contribution < -0.4 is 0 Å². The zero-order valence-electron chi connectivity index (χ0n) is 6.90. The fourth-order valence-corrected chi connectivity index (χ4v) is 1.51. The number of hydrogen-bond acceptors (Lipinski definition) is 2. The molecule has 3 heteroatoms. The minimum Gasteiger partial charge on any atom is -0.464 e. The summed E-state index contributed by atoms with van der Waals surface area (Å²) >= 11 is 5.55. The lowest BCUT2D eigenvalue weighted by Gasteiger charge is -2.02. The van der Waals surface area contributed by atoms with Gasteiger partial charge in [0.1, 0.15) is 5.58 Å². The second-order valence-corrected chi connectivity index (χ2v) is 3.17. The Hall–Kier alpha value is -0.990. The van der Waals surface area contributed by atoms with E-state index in [1.165, 1.54) is 0 Å². The zero-order valence-corrected chi connectivity index (χ0v) is 7.66. The van der Waals surface area contributed by atoms with Crippen molar-refractivity contribution in [2.24, 2.45) is 0 Å². The molecule has 1 N–H and O–H groups in total. The van der Waals surface area contributed by atoms with Crippen LogP contribution in [-0.2, 0) is 0 Å². The zero-order chi connectivity index (χ0) is 9.26. The van der Waals surface area contributed by atoms with Crippen LogP contribution in [0.3, 0.4) is 0 Å². The number of furan rings is 1. The van der Waals surface area contributed by atoms with E-state index >= 15 is 0 Å². The quantitative estimate of drug-likeness (QED) is 0.750. The van der Waals surface area contributed by atoms with Gasteiger partial charge in [0.25, 0.3) is 0 Å². The predicted molar refractivity (Wildman–Crippen MR) is 51.9 cm³/mol. The molecule has 2 nitrogen and oxygen atoms in total. The molecule has 0 bridgehead atoms. The molecule has 13 heavy (non-hydrogen) atoms. The summed E-state index contributed by atoms with van der Waals surface area (Å²) in [5, 5.41) is 10.5. The van der Waals surface area contributed by atoms with E-state index in [4.69, 9.17) is 16.0 Å². The van der Waals surface area contributed by atoms with Crippen molar-refractivity contribution in [3.63, 3.8) is 0 Å². The molecule has 0 radical (unpaired) electrons. The van der Waals surface area contributed by atoms with Crippen molar-refractivity contribution in [1.82, 2.24) is 0 Å². The van der Waals surface area contributed by atoms with Gasteiger partial charge in [-0.2, -0.15) is 0 Å².